The first-order valence-electron chi connectivity index (χ1n) is 10.1. The molecule has 9 heteroatoms. The average Bonchev–Trinajstić information content (AvgIpc) is 3.10. The number of sulfone groups is 1. The van der Waals surface area contributed by atoms with Crippen molar-refractivity contribution in [1.82, 2.24) is 15.5 Å². The topological polar surface area (TPSA) is 95.6 Å². The fourth-order valence-corrected chi connectivity index (χ4v) is 5.17. The minimum absolute atomic E-state index is 0.0192. The van der Waals surface area contributed by atoms with Crippen LogP contribution in [-0.4, -0.2) is 57.2 Å². The van der Waals surface area contributed by atoms with Crippen LogP contribution >= 0.6 is 11.6 Å². The maximum atomic E-state index is 12.4. The number of amides is 3. The van der Waals surface area contributed by atoms with E-state index in [2.05, 4.69) is 10.6 Å². The molecule has 2 N–H and O–H groups in total. The molecule has 0 aliphatic carbocycles. The summed E-state index contributed by atoms with van der Waals surface area (Å²) < 4.78 is 24.3. The van der Waals surface area contributed by atoms with Crippen molar-refractivity contribution in [2.24, 2.45) is 0 Å². The highest BCUT2D eigenvalue weighted by atomic mass is 35.5. The van der Waals surface area contributed by atoms with E-state index in [1.807, 2.05) is 29.2 Å². The molecule has 0 saturated carbocycles. The molecule has 0 spiro atoms. The minimum atomic E-state index is -3.41. The van der Waals surface area contributed by atoms with E-state index in [1.54, 1.807) is 12.1 Å². The van der Waals surface area contributed by atoms with E-state index in [0.29, 0.717) is 43.1 Å². The Morgan fingerprint density at radius 3 is 2.48 bits per heavy atom. The van der Waals surface area contributed by atoms with Crippen LogP contribution in [0.3, 0.4) is 0 Å². The molecule has 4 rings (SSSR count). The van der Waals surface area contributed by atoms with Crippen molar-refractivity contribution in [1.29, 1.82) is 0 Å². The van der Waals surface area contributed by atoms with Crippen LogP contribution in [0.2, 0.25) is 5.02 Å². The molecule has 164 valence electrons. The Labute approximate surface area is 186 Å². The zero-order chi connectivity index (χ0) is 22.2. The van der Waals surface area contributed by atoms with Crippen LogP contribution in [0.4, 0.5) is 4.79 Å². The number of carbonyl (C=O) groups excluding carboxylic acids is 2. The fourth-order valence-electron chi connectivity index (χ4n) is 4.00. The Bertz CT molecular complexity index is 1110. The fraction of sp³-hybridized carbons (Fsp3) is 0.364. The van der Waals surface area contributed by atoms with Crippen molar-refractivity contribution in [2.45, 2.75) is 29.7 Å². The number of urea groups is 1. The average molecular weight is 462 g/mol. The van der Waals surface area contributed by atoms with Crippen LogP contribution < -0.4 is 10.6 Å². The highest BCUT2D eigenvalue weighted by molar-refractivity contribution is 7.90. The van der Waals surface area contributed by atoms with Crippen molar-refractivity contribution in [3.8, 4) is 11.1 Å². The summed E-state index contributed by atoms with van der Waals surface area (Å²) in [6.07, 6.45) is 2.23. The molecule has 0 bridgehead atoms. The van der Waals surface area contributed by atoms with Gasteiger partial charge in [-0.05, 0) is 29.7 Å². The number of likely N-dealkylation sites (tertiary alicyclic amines) is 1. The highest BCUT2D eigenvalue weighted by Crippen LogP contribution is 2.33. The summed E-state index contributed by atoms with van der Waals surface area (Å²) in [5.74, 6) is 0.374. The normalized spacial score (nSPS) is 19.0. The zero-order valence-corrected chi connectivity index (χ0v) is 18.7. The van der Waals surface area contributed by atoms with E-state index in [9.17, 15) is 18.0 Å². The number of carbonyl (C=O) groups is 2. The smallest absolute Gasteiger partial charge is 0.315 e. The first-order valence-corrected chi connectivity index (χ1v) is 12.4. The summed E-state index contributed by atoms with van der Waals surface area (Å²) >= 11 is 5.99. The van der Waals surface area contributed by atoms with Gasteiger partial charge in [-0.25, -0.2) is 13.2 Å². The lowest BCUT2D eigenvalue weighted by molar-refractivity contribution is -0.135. The number of hydrogen-bond acceptors (Lipinski definition) is 4. The Morgan fingerprint density at radius 2 is 1.87 bits per heavy atom. The Balaban J connectivity index is 1.36. The van der Waals surface area contributed by atoms with Gasteiger partial charge < -0.3 is 15.5 Å². The molecular formula is C22H24ClN3O4S. The number of rotatable bonds is 6. The van der Waals surface area contributed by atoms with Gasteiger partial charge in [-0.2, -0.15) is 0 Å². The van der Waals surface area contributed by atoms with E-state index in [1.165, 1.54) is 12.3 Å². The maximum absolute atomic E-state index is 12.4. The summed E-state index contributed by atoms with van der Waals surface area (Å²) in [6, 6.07) is 12.5. The largest absolute Gasteiger partial charge is 0.341 e. The molecule has 2 aliphatic rings. The molecule has 3 amide bonds. The molecule has 0 radical (unpaired) electrons. The van der Waals surface area contributed by atoms with Crippen LogP contribution in [0.25, 0.3) is 11.1 Å². The van der Waals surface area contributed by atoms with E-state index in [4.69, 9.17) is 11.6 Å². The second kappa shape index (κ2) is 8.51. The molecular weight excluding hydrogens is 438 g/mol. The number of nitrogens with zero attached hydrogens (tertiary/aromatic N) is 1. The van der Waals surface area contributed by atoms with Gasteiger partial charge in [-0.3, -0.25) is 4.79 Å². The standard InChI is InChI=1S/C22H24ClN3O4S/c1-31(29,30)20-10-17(23)6-8-19(20)15-4-2-14(3-5-15)16-12-26(13-16)21(27)9-7-18-11-24-22(28)25-18/h2-6,8,10,16,18H,7,9,11-13H2,1H3,(H2,24,25,28). The van der Waals surface area contributed by atoms with Crippen LogP contribution in [0.15, 0.2) is 47.4 Å². The number of nitrogens with one attached hydrogen (secondary N) is 2. The third kappa shape index (κ3) is 4.85. The Morgan fingerprint density at radius 1 is 1.16 bits per heavy atom. The maximum Gasteiger partial charge on any atom is 0.315 e. The molecule has 2 aromatic rings. The molecule has 2 aliphatic heterocycles. The van der Waals surface area contributed by atoms with Gasteiger partial charge in [0.05, 0.1) is 4.90 Å². The van der Waals surface area contributed by atoms with E-state index >= 15 is 0 Å². The van der Waals surface area contributed by atoms with Gasteiger partial charge in [-0.1, -0.05) is 41.9 Å². The summed E-state index contributed by atoms with van der Waals surface area (Å²) in [5, 5.41) is 5.86. The monoisotopic (exact) mass is 461 g/mol. The van der Waals surface area contributed by atoms with Gasteiger partial charge in [0.1, 0.15) is 0 Å². The first kappa shape index (κ1) is 21.6. The molecule has 2 heterocycles. The summed E-state index contributed by atoms with van der Waals surface area (Å²) in [6.45, 7) is 1.90. The van der Waals surface area contributed by atoms with Gasteiger partial charge in [0.25, 0.3) is 0 Å². The Kier molecular flexibility index (Phi) is 5.94. The predicted octanol–water partition coefficient (Wildman–Crippen LogP) is 2.80. The molecule has 31 heavy (non-hydrogen) atoms. The second-order valence-corrected chi connectivity index (χ2v) is 10.5. The van der Waals surface area contributed by atoms with Gasteiger partial charge in [0.15, 0.2) is 9.84 Å². The summed E-state index contributed by atoms with van der Waals surface area (Å²) in [4.78, 5) is 25.6. The first-order chi connectivity index (χ1) is 14.7. The van der Waals surface area contributed by atoms with Crippen molar-refractivity contribution in [2.75, 3.05) is 25.9 Å². The quantitative estimate of drug-likeness (QED) is 0.691. The lowest BCUT2D eigenvalue weighted by Crippen LogP contribution is -2.48. The lowest BCUT2D eigenvalue weighted by Gasteiger charge is -2.40. The van der Waals surface area contributed by atoms with Crippen molar-refractivity contribution in [3.63, 3.8) is 0 Å². The van der Waals surface area contributed by atoms with Gasteiger partial charge >= 0.3 is 6.03 Å². The molecule has 2 aromatic carbocycles. The highest BCUT2D eigenvalue weighted by Gasteiger charge is 2.32. The van der Waals surface area contributed by atoms with E-state index in [0.717, 1.165) is 11.1 Å². The van der Waals surface area contributed by atoms with Gasteiger partial charge in [-0.15, -0.1) is 0 Å². The van der Waals surface area contributed by atoms with Crippen molar-refractivity contribution >= 4 is 33.4 Å². The number of benzene rings is 2. The molecule has 0 aromatic heterocycles. The minimum Gasteiger partial charge on any atom is -0.341 e. The predicted molar refractivity (Wildman–Crippen MR) is 119 cm³/mol. The summed E-state index contributed by atoms with van der Waals surface area (Å²) in [5.41, 5.74) is 2.55. The van der Waals surface area contributed by atoms with Crippen LogP contribution in [-0.2, 0) is 14.6 Å². The molecule has 2 saturated heterocycles. The van der Waals surface area contributed by atoms with Gasteiger partial charge in [0.2, 0.25) is 5.91 Å². The Hall–Kier alpha value is -2.58. The van der Waals surface area contributed by atoms with Crippen molar-refractivity contribution < 1.29 is 18.0 Å². The molecule has 1 unspecified atom stereocenters. The van der Waals surface area contributed by atoms with E-state index < -0.39 is 9.84 Å². The molecule has 2 fully saturated rings. The SMILES string of the molecule is CS(=O)(=O)c1cc(Cl)ccc1-c1ccc(C2CN(C(=O)CCC3CNC(=O)N3)C2)cc1. The molecule has 7 nitrogen and oxygen atoms in total. The van der Waals surface area contributed by atoms with Gasteiger partial charge in [0, 0.05) is 54.9 Å². The van der Waals surface area contributed by atoms with E-state index in [-0.39, 0.29) is 28.8 Å². The van der Waals surface area contributed by atoms with Crippen LogP contribution in [0, 0.1) is 0 Å². The number of hydrogen-bond donors (Lipinski definition) is 2. The third-order valence-electron chi connectivity index (χ3n) is 5.82. The molecule has 1 atom stereocenters. The summed E-state index contributed by atoms with van der Waals surface area (Å²) in [7, 11) is -3.41. The third-order valence-corrected chi connectivity index (χ3v) is 7.19. The van der Waals surface area contributed by atoms with Crippen LogP contribution in [0.5, 0.6) is 0 Å². The van der Waals surface area contributed by atoms with Crippen molar-refractivity contribution in [3.05, 3.63) is 53.1 Å². The number of halogens is 1. The lowest BCUT2D eigenvalue weighted by atomic mass is 9.89. The van der Waals surface area contributed by atoms with Crippen LogP contribution in [0.1, 0.15) is 24.3 Å². The zero-order valence-electron chi connectivity index (χ0n) is 17.1. The second-order valence-electron chi connectivity index (χ2n) is 8.12.